The number of rotatable bonds is 1. The fourth-order valence-electron chi connectivity index (χ4n) is 1.09. The zero-order valence-electron chi connectivity index (χ0n) is 6.61. The maximum atomic E-state index is 13.2. The van der Waals surface area contributed by atoms with Crippen molar-refractivity contribution in [3.63, 3.8) is 0 Å². The summed E-state index contributed by atoms with van der Waals surface area (Å²) < 4.78 is 14.6. The molecule has 1 heterocycles. The number of hydrogen-bond donors (Lipinski definition) is 0. The molecule has 2 nitrogen and oxygen atoms in total. The van der Waals surface area contributed by atoms with E-state index in [1.165, 1.54) is 16.9 Å². The first-order valence-electron chi connectivity index (χ1n) is 3.73. The topological polar surface area (TPSA) is 17.8 Å². The molecule has 0 saturated carbocycles. The van der Waals surface area contributed by atoms with Crippen LogP contribution in [-0.2, 0) is 0 Å². The molecule has 0 N–H and O–H groups in total. The highest BCUT2D eigenvalue weighted by molar-refractivity contribution is 6.29. The lowest BCUT2D eigenvalue weighted by molar-refractivity contribution is 0.611. The van der Waals surface area contributed by atoms with Crippen LogP contribution >= 0.6 is 11.6 Å². The van der Waals surface area contributed by atoms with E-state index in [0.29, 0.717) is 10.8 Å². The van der Waals surface area contributed by atoms with Crippen molar-refractivity contribution in [2.24, 2.45) is 0 Å². The van der Waals surface area contributed by atoms with Crippen LogP contribution in [0.5, 0.6) is 0 Å². The Hall–Kier alpha value is -1.35. The molecular weight excluding hydrogens is 191 g/mol. The highest BCUT2D eigenvalue weighted by Crippen LogP contribution is 2.16. The van der Waals surface area contributed by atoms with Crippen molar-refractivity contribution < 1.29 is 4.39 Å². The molecule has 0 atom stereocenters. The molecule has 0 aliphatic carbocycles. The van der Waals surface area contributed by atoms with Crippen LogP contribution in [0.25, 0.3) is 5.69 Å². The maximum Gasteiger partial charge on any atom is 0.148 e. The second-order valence-corrected chi connectivity index (χ2v) is 2.90. The molecule has 0 amide bonds. The lowest BCUT2D eigenvalue weighted by Crippen LogP contribution is -1.98. The Bertz CT molecular complexity index is 425. The molecule has 0 radical (unpaired) electrons. The molecule has 2 rings (SSSR count). The molecular formula is C9H6ClFN2. The molecule has 4 heteroatoms. The zero-order valence-corrected chi connectivity index (χ0v) is 7.37. The molecule has 66 valence electrons. The first kappa shape index (κ1) is 8.26. The van der Waals surface area contributed by atoms with Gasteiger partial charge in [-0.15, -0.1) is 0 Å². The van der Waals surface area contributed by atoms with Gasteiger partial charge in [0.15, 0.2) is 0 Å². The summed E-state index contributed by atoms with van der Waals surface area (Å²) >= 11 is 5.78. The van der Waals surface area contributed by atoms with Crippen LogP contribution in [0, 0.1) is 5.82 Å². The predicted molar refractivity (Wildman–Crippen MR) is 48.5 cm³/mol. The number of halogens is 2. The van der Waals surface area contributed by atoms with E-state index in [2.05, 4.69) is 5.10 Å². The van der Waals surface area contributed by atoms with Crippen LogP contribution in [0.1, 0.15) is 0 Å². The van der Waals surface area contributed by atoms with Crippen LogP contribution in [0.15, 0.2) is 36.5 Å². The normalized spacial score (nSPS) is 10.3. The first-order valence-corrected chi connectivity index (χ1v) is 4.11. The van der Waals surface area contributed by atoms with Crippen molar-refractivity contribution in [1.29, 1.82) is 0 Å². The Kier molecular flexibility index (Phi) is 2.02. The lowest BCUT2D eigenvalue weighted by Gasteiger charge is -2.02. The highest BCUT2D eigenvalue weighted by Gasteiger charge is 2.06. The van der Waals surface area contributed by atoms with Gasteiger partial charge in [-0.3, -0.25) is 0 Å². The number of nitrogens with zero attached hydrogens (tertiary/aromatic N) is 2. The van der Waals surface area contributed by atoms with Crippen LogP contribution < -0.4 is 0 Å². The summed E-state index contributed by atoms with van der Waals surface area (Å²) in [6.07, 6.45) is 1.52. The predicted octanol–water partition coefficient (Wildman–Crippen LogP) is 2.66. The first-order chi connectivity index (χ1) is 6.29. The van der Waals surface area contributed by atoms with Crippen LogP contribution in [-0.4, -0.2) is 9.78 Å². The van der Waals surface area contributed by atoms with E-state index in [0.717, 1.165) is 0 Å². The van der Waals surface area contributed by atoms with Crippen LogP contribution in [0.3, 0.4) is 0 Å². The molecule has 2 aromatic rings. The zero-order chi connectivity index (χ0) is 9.26. The van der Waals surface area contributed by atoms with E-state index in [1.807, 2.05) is 0 Å². The molecule has 0 aliphatic rings. The largest absolute Gasteiger partial charge is 0.219 e. The van der Waals surface area contributed by atoms with Gasteiger partial charge >= 0.3 is 0 Å². The van der Waals surface area contributed by atoms with Crippen LogP contribution in [0.2, 0.25) is 5.15 Å². The van der Waals surface area contributed by atoms with Gasteiger partial charge in [0.1, 0.15) is 16.7 Å². The Balaban J connectivity index is 2.59. The molecule has 1 aromatic heterocycles. The Morgan fingerprint density at radius 3 is 2.62 bits per heavy atom. The summed E-state index contributed by atoms with van der Waals surface area (Å²) in [7, 11) is 0. The van der Waals surface area contributed by atoms with Gasteiger partial charge in [0, 0.05) is 0 Å². The number of aromatic nitrogens is 2. The van der Waals surface area contributed by atoms with Crippen molar-refractivity contribution >= 4 is 11.6 Å². The minimum Gasteiger partial charge on any atom is -0.219 e. The number of benzene rings is 1. The Morgan fingerprint density at radius 2 is 2.00 bits per heavy atom. The van der Waals surface area contributed by atoms with E-state index in [-0.39, 0.29) is 5.82 Å². The molecule has 13 heavy (non-hydrogen) atoms. The maximum absolute atomic E-state index is 13.2. The average molecular weight is 197 g/mol. The van der Waals surface area contributed by atoms with Gasteiger partial charge < -0.3 is 0 Å². The molecule has 0 bridgehead atoms. The van der Waals surface area contributed by atoms with Crippen molar-refractivity contribution in [2.75, 3.05) is 0 Å². The van der Waals surface area contributed by atoms with Crippen LogP contribution in [0.4, 0.5) is 4.39 Å². The minimum absolute atomic E-state index is 0.340. The summed E-state index contributed by atoms with van der Waals surface area (Å²) in [5, 5.41) is 4.29. The summed E-state index contributed by atoms with van der Waals surface area (Å²) in [6, 6.07) is 7.95. The standard InChI is InChI=1S/C9H6ClFN2/c10-9-5-6-12-13(9)8-4-2-1-3-7(8)11/h1-6H. The fourth-order valence-corrected chi connectivity index (χ4v) is 1.28. The summed E-state index contributed by atoms with van der Waals surface area (Å²) in [4.78, 5) is 0. The quantitative estimate of drug-likeness (QED) is 0.686. The summed E-state index contributed by atoms with van der Waals surface area (Å²) in [5.74, 6) is -0.340. The molecule has 0 unspecified atom stereocenters. The molecule has 0 aliphatic heterocycles. The van der Waals surface area contributed by atoms with Crippen molar-refractivity contribution in [1.82, 2.24) is 9.78 Å². The summed E-state index contributed by atoms with van der Waals surface area (Å²) in [5.41, 5.74) is 0.359. The van der Waals surface area contributed by atoms with E-state index < -0.39 is 0 Å². The number of hydrogen-bond acceptors (Lipinski definition) is 1. The second-order valence-electron chi connectivity index (χ2n) is 2.52. The van der Waals surface area contributed by atoms with Gasteiger partial charge in [-0.2, -0.15) is 5.10 Å². The molecule has 0 spiro atoms. The second kappa shape index (κ2) is 3.18. The van der Waals surface area contributed by atoms with E-state index >= 15 is 0 Å². The Labute approximate surface area is 79.6 Å². The van der Waals surface area contributed by atoms with Gasteiger partial charge in [-0.1, -0.05) is 23.7 Å². The molecule has 0 fully saturated rings. The van der Waals surface area contributed by atoms with Gasteiger partial charge in [0.25, 0.3) is 0 Å². The number of para-hydroxylation sites is 1. The van der Waals surface area contributed by atoms with E-state index in [9.17, 15) is 4.39 Å². The lowest BCUT2D eigenvalue weighted by atomic mass is 10.3. The van der Waals surface area contributed by atoms with Crippen molar-refractivity contribution in [3.8, 4) is 5.69 Å². The van der Waals surface area contributed by atoms with Gasteiger partial charge in [0.2, 0.25) is 0 Å². The minimum atomic E-state index is -0.340. The average Bonchev–Trinajstić information content (AvgIpc) is 2.52. The SMILES string of the molecule is Fc1ccccc1-n1nccc1Cl. The third-order valence-electron chi connectivity index (χ3n) is 1.68. The highest BCUT2D eigenvalue weighted by atomic mass is 35.5. The molecule has 1 aromatic carbocycles. The Morgan fingerprint density at radius 1 is 1.23 bits per heavy atom. The van der Waals surface area contributed by atoms with Gasteiger partial charge in [0.05, 0.1) is 6.20 Å². The van der Waals surface area contributed by atoms with Crippen molar-refractivity contribution in [2.45, 2.75) is 0 Å². The smallest absolute Gasteiger partial charge is 0.148 e. The van der Waals surface area contributed by atoms with E-state index in [4.69, 9.17) is 11.6 Å². The third-order valence-corrected chi connectivity index (χ3v) is 1.96. The fraction of sp³-hybridized carbons (Fsp3) is 0. The van der Waals surface area contributed by atoms with Crippen molar-refractivity contribution in [3.05, 3.63) is 47.5 Å². The summed E-state index contributed by atoms with van der Waals surface area (Å²) in [6.45, 7) is 0. The molecule has 0 saturated heterocycles. The van der Waals surface area contributed by atoms with E-state index in [1.54, 1.807) is 24.3 Å². The monoisotopic (exact) mass is 196 g/mol. The third kappa shape index (κ3) is 1.42. The van der Waals surface area contributed by atoms with Gasteiger partial charge in [-0.05, 0) is 18.2 Å². The van der Waals surface area contributed by atoms with Gasteiger partial charge in [-0.25, -0.2) is 9.07 Å².